The lowest BCUT2D eigenvalue weighted by Crippen LogP contribution is -2.15. The first-order chi connectivity index (χ1) is 12.0. The molecule has 0 saturated heterocycles. The normalized spacial score (nSPS) is 14.0. The molecule has 1 aromatic carbocycles. The molecule has 0 atom stereocenters. The number of aryl methyl sites for hydroxylation is 1. The highest BCUT2D eigenvalue weighted by Crippen LogP contribution is 2.35. The van der Waals surface area contributed by atoms with E-state index < -0.39 is 10.8 Å². The highest BCUT2D eigenvalue weighted by molar-refractivity contribution is 7.17. The topological polar surface area (TPSA) is 96.0 Å². The Hall–Kier alpha value is -2.72. The first kappa shape index (κ1) is 15.8. The molecule has 128 valence electrons. The zero-order chi connectivity index (χ0) is 17.6. The number of hydrogen-bond acceptors (Lipinski definition) is 7. The van der Waals surface area contributed by atoms with Gasteiger partial charge in [0.05, 0.1) is 15.1 Å². The van der Waals surface area contributed by atoms with Crippen LogP contribution in [0.4, 0.5) is 5.00 Å². The first-order valence-electron chi connectivity index (χ1n) is 7.25. The van der Waals surface area contributed by atoms with Crippen LogP contribution in [0, 0.1) is 10.1 Å². The number of hydrogen-bond donors (Lipinski definition) is 0. The summed E-state index contributed by atoms with van der Waals surface area (Å²) in [5.41, 5.74) is 0.873. The highest BCUT2D eigenvalue weighted by Gasteiger charge is 2.17. The zero-order valence-electron chi connectivity index (χ0n) is 12.9. The number of amides is 1. The van der Waals surface area contributed by atoms with Crippen molar-refractivity contribution in [3.05, 3.63) is 44.1 Å². The van der Waals surface area contributed by atoms with Crippen molar-refractivity contribution in [3.8, 4) is 11.5 Å². The number of fused-ring (bicyclic) bond motifs is 2. The maximum atomic E-state index is 12.3. The third kappa shape index (κ3) is 2.79. The second-order valence-electron chi connectivity index (χ2n) is 5.22. The third-order valence-corrected chi connectivity index (χ3v) is 5.77. The molecule has 0 saturated carbocycles. The molecule has 0 aliphatic carbocycles. The van der Waals surface area contributed by atoms with E-state index in [2.05, 4.69) is 4.99 Å². The SMILES string of the molecule is Cn1c(=NC(=O)c2ccc([N+](=O)[O-])s2)sc2cc3c(cc21)OCCO3. The van der Waals surface area contributed by atoms with Crippen LogP contribution in [0.25, 0.3) is 10.2 Å². The van der Waals surface area contributed by atoms with Crippen LogP contribution in [0.3, 0.4) is 0 Å². The largest absolute Gasteiger partial charge is 0.486 e. The Kier molecular flexibility index (Phi) is 3.77. The van der Waals surface area contributed by atoms with Crippen LogP contribution in [0.2, 0.25) is 0 Å². The number of carbonyl (C=O) groups is 1. The fraction of sp³-hybridized carbons (Fsp3) is 0.200. The molecule has 0 N–H and O–H groups in total. The number of ether oxygens (including phenoxy) is 2. The van der Waals surface area contributed by atoms with E-state index in [0.29, 0.717) is 29.5 Å². The summed E-state index contributed by atoms with van der Waals surface area (Å²) < 4.78 is 13.8. The number of nitro groups is 1. The van der Waals surface area contributed by atoms with E-state index in [0.717, 1.165) is 21.6 Å². The summed E-state index contributed by atoms with van der Waals surface area (Å²) in [6, 6.07) is 6.46. The summed E-state index contributed by atoms with van der Waals surface area (Å²) in [6.07, 6.45) is 0. The minimum Gasteiger partial charge on any atom is -0.486 e. The number of thiazole rings is 1. The van der Waals surface area contributed by atoms with Gasteiger partial charge in [0.25, 0.3) is 5.91 Å². The van der Waals surface area contributed by atoms with Gasteiger partial charge < -0.3 is 14.0 Å². The molecular weight excluding hydrogens is 366 g/mol. The number of benzene rings is 1. The fourth-order valence-corrected chi connectivity index (χ4v) is 4.19. The lowest BCUT2D eigenvalue weighted by atomic mass is 10.3. The standard InChI is InChI=1S/C15H11N3O5S2/c1-17-8-6-9-10(23-5-4-22-9)7-12(8)25-15(17)16-14(19)11-2-3-13(24-11)18(20)21/h2-3,6-7H,4-5H2,1H3. The Morgan fingerprint density at radius 3 is 2.64 bits per heavy atom. The molecule has 4 rings (SSSR count). The minimum atomic E-state index is -0.522. The Morgan fingerprint density at radius 1 is 1.24 bits per heavy atom. The average molecular weight is 377 g/mol. The second-order valence-corrected chi connectivity index (χ2v) is 7.29. The van der Waals surface area contributed by atoms with Crippen molar-refractivity contribution in [2.75, 3.05) is 13.2 Å². The van der Waals surface area contributed by atoms with Crippen molar-refractivity contribution >= 4 is 43.8 Å². The summed E-state index contributed by atoms with van der Waals surface area (Å²) in [6.45, 7) is 1.00. The van der Waals surface area contributed by atoms with Gasteiger partial charge in [-0.3, -0.25) is 14.9 Å². The van der Waals surface area contributed by atoms with Crippen LogP contribution in [0.15, 0.2) is 29.3 Å². The maximum absolute atomic E-state index is 12.3. The van der Waals surface area contributed by atoms with Crippen LogP contribution >= 0.6 is 22.7 Å². The predicted molar refractivity (Wildman–Crippen MR) is 92.7 cm³/mol. The van der Waals surface area contributed by atoms with Gasteiger partial charge >= 0.3 is 5.00 Å². The number of thiophene rings is 1. The lowest BCUT2D eigenvalue weighted by molar-refractivity contribution is -0.380. The summed E-state index contributed by atoms with van der Waals surface area (Å²) in [5.74, 6) is 0.837. The highest BCUT2D eigenvalue weighted by atomic mass is 32.1. The third-order valence-electron chi connectivity index (χ3n) is 3.65. The van der Waals surface area contributed by atoms with Crippen molar-refractivity contribution < 1.29 is 19.2 Å². The molecule has 0 fully saturated rings. The van der Waals surface area contributed by atoms with Crippen LogP contribution in [-0.2, 0) is 7.05 Å². The summed E-state index contributed by atoms with van der Waals surface area (Å²) in [7, 11) is 1.80. The lowest BCUT2D eigenvalue weighted by Gasteiger charge is -2.18. The monoisotopic (exact) mass is 377 g/mol. The first-order valence-corrected chi connectivity index (χ1v) is 8.88. The Balaban J connectivity index is 1.77. The van der Waals surface area contributed by atoms with Gasteiger partial charge in [0.15, 0.2) is 16.3 Å². The van der Waals surface area contributed by atoms with E-state index in [1.54, 1.807) is 11.6 Å². The molecule has 0 spiro atoms. The van der Waals surface area contributed by atoms with Gasteiger partial charge in [0.2, 0.25) is 0 Å². The van der Waals surface area contributed by atoms with E-state index >= 15 is 0 Å². The van der Waals surface area contributed by atoms with Crippen LogP contribution in [-0.4, -0.2) is 28.6 Å². The molecule has 1 aliphatic rings. The molecule has 25 heavy (non-hydrogen) atoms. The number of nitrogens with zero attached hydrogens (tertiary/aromatic N) is 3. The second kappa shape index (κ2) is 5.97. The molecule has 10 heteroatoms. The Labute approximate surface area is 148 Å². The van der Waals surface area contributed by atoms with Gasteiger partial charge in [-0.15, -0.1) is 0 Å². The number of carbonyl (C=O) groups excluding carboxylic acids is 1. The number of rotatable bonds is 2. The van der Waals surface area contributed by atoms with Crippen molar-refractivity contribution in [3.63, 3.8) is 0 Å². The van der Waals surface area contributed by atoms with Gasteiger partial charge in [-0.2, -0.15) is 4.99 Å². The Bertz CT molecular complexity index is 1080. The maximum Gasteiger partial charge on any atom is 0.324 e. The molecule has 3 heterocycles. The van der Waals surface area contributed by atoms with Crippen molar-refractivity contribution in [2.24, 2.45) is 12.0 Å². The average Bonchev–Trinajstić information content (AvgIpc) is 3.20. The van der Waals surface area contributed by atoms with Crippen LogP contribution < -0.4 is 14.3 Å². The quantitative estimate of drug-likeness (QED) is 0.505. The van der Waals surface area contributed by atoms with Gasteiger partial charge in [0, 0.05) is 25.2 Å². The molecule has 3 aromatic rings. The minimum absolute atomic E-state index is 0.0822. The number of aromatic nitrogens is 1. The summed E-state index contributed by atoms with van der Waals surface area (Å²) in [4.78, 5) is 27.4. The van der Waals surface area contributed by atoms with Gasteiger partial charge in [-0.25, -0.2) is 0 Å². The van der Waals surface area contributed by atoms with Gasteiger partial charge in [0.1, 0.15) is 18.1 Å². The van der Waals surface area contributed by atoms with Crippen LogP contribution in [0.5, 0.6) is 11.5 Å². The summed E-state index contributed by atoms with van der Waals surface area (Å²) >= 11 is 2.16. The van der Waals surface area contributed by atoms with Crippen molar-refractivity contribution in [1.29, 1.82) is 0 Å². The molecular formula is C15H11N3O5S2. The van der Waals surface area contributed by atoms with Crippen molar-refractivity contribution in [1.82, 2.24) is 4.57 Å². The zero-order valence-corrected chi connectivity index (χ0v) is 14.6. The Morgan fingerprint density at radius 2 is 1.96 bits per heavy atom. The van der Waals surface area contributed by atoms with Crippen molar-refractivity contribution in [2.45, 2.75) is 0 Å². The molecule has 8 nitrogen and oxygen atoms in total. The van der Waals surface area contributed by atoms with E-state index in [4.69, 9.17) is 9.47 Å². The van der Waals surface area contributed by atoms with E-state index in [1.165, 1.54) is 23.5 Å². The van der Waals surface area contributed by atoms with E-state index in [1.807, 2.05) is 12.1 Å². The molecule has 2 aromatic heterocycles. The van der Waals surface area contributed by atoms with Crippen LogP contribution in [0.1, 0.15) is 9.67 Å². The molecule has 1 amide bonds. The molecule has 0 unspecified atom stereocenters. The molecule has 0 radical (unpaired) electrons. The van der Waals surface area contributed by atoms with Gasteiger partial charge in [-0.05, 0) is 6.07 Å². The summed E-state index contributed by atoms with van der Waals surface area (Å²) in [5, 5.41) is 10.7. The fourth-order valence-electron chi connectivity index (χ4n) is 2.45. The molecule has 1 aliphatic heterocycles. The molecule has 0 bridgehead atoms. The van der Waals surface area contributed by atoms with E-state index in [-0.39, 0.29) is 9.88 Å². The predicted octanol–water partition coefficient (Wildman–Crippen LogP) is 2.72. The van der Waals surface area contributed by atoms with Gasteiger partial charge in [-0.1, -0.05) is 22.7 Å². The van der Waals surface area contributed by atoms with E-state index in [9.17, 15) is 14.9 Å². The smallest absolute Gasteiger partial charge is 0.324 e.